The average Bonchev–Trinajstić information content (AvgIpc) is 2.62. The predicted molar refractivity (Wildman–Crippen MR) is 80.3 cm³/mol. The molecule has 3 heteroatoms. The van der Waals surface area contributed by atoms with Gasteiger partial charge in [-0.05, 0) is 58.2 Å². The second kappa shape index (κ2) is 5.72. The van der Waals surface area contributed by atoms with Gasteiger partial charge in [0.15, 0.2) is 0 Å². The lowest BCUT2D eigenvalue weighted by Gasteiger charge is -2.39. The Morgan fingerprint density at radius 1 is 0.944 bits per heavy atom. The van der Waals surface area contributed by atoms with E-state index in [9.17, 15) is 0 Å². The maximum Gasteiger partial charge on any atom is 0.0111 e. The van der Waals surface area contributed by atoms with Gasteiger partial charge in [0.05, 0.1) is 0 Å². The Morgan fingerprint density at radius 2 is 1.67 bits per heavy atom. The Balaban J connectivity index is 1.51. The van der Waals surface area contributed by atoms with E-state index in [1.54, 1.807) is 0 Å². The van der Waals surface area contributed by atoms with Gasteiger partial charge in [0.2, 0.25) is 0 Å². The van der Waals surface area contributed by atoms with Gasteiger partial charge < -0.3 is 10.2 Å². The maximum absolute atomic E-state index is 4.00. The van der Waals surface area contributed by atoms with E-state index in [1.807, 2.05) is 0 Å². The molecule has 4 unspecified atom stereocenters. The first kappa shape index (κ1) is 13.3. The number of nitrogens with zero attached hydrogens (tertiary/aromatic N) is 1. The molecule has 2 nitrogen and oxygen atoms in total. The normalized spacial score (nSPS) is 45.3. The van der Waals surface area contributed by atoms with Crippen molar-refractivity contribution in [1.29, 1.82) is 0 Å². The number of nitrogens with one attached hydrogen (secondary N) is 1. The van der Waals surface area contributed by atoms with Crippen LogP contribution in [0.1, 0.15) is 51.4 Å². The molecule has 3 fully saturated rings. The maximum atomic E-state index is 4.00. The highest BCUT2D eigenvalue weighted by Gasteiger charge is 2.39. The fourth-order valence-electron chi connectivity index (χ4n) is 4.39. The molecule has 1 aliphatic carbocycles. The lowest BCUT2D eigenvalue weighted by molar-refractivity contribution is 0.139. The predicted octanol–water partition coefficient (Wildman–Crippen LogP) is 2.88. The van der Waals surface area contributed by atoms with Crippen molar-refractivity contribution in [2.45, 2.75) is 80.8 Å². The van der Waals surface area contributed by atoms with E-state index in [0.29, 0.717) is 0 Å². The van der Waals surface area contributed by atoms with Crippen LogP contribution < -0.4 is 5.32 Å². The minimum absolute atomic E-state index is 0.809. The van der Waals surface area contributed by atoms with Crippen LogP contribution in [-0.4, -0.2) is 47.6 Å². The molecule has 0 aromatic heterocycles. The summed E-state index contributed by atoms with van der Waals surface area (Å²) in [6.07, 6.45) is 13.7. The number of thioether (sulfide) groups is 1. The van der Waals surface area contributed by atoms with Crippen LogP contribution in [-0.2, 0) is 0 Å². The lowest BCUT2D eigenvalue weighted by Crippen LogP contribution is -2.50. The van der Waals surface area contributed by atoms with Crippen molar-refractivity contribution in [1.82, 2.24) is 10.2 Å². The quantitative estimate of drug-likeness (QED) is 0.847. The van der Waals surface area contributed by atoms with Crippen LogP contribution >= 0.6 is 11.8 Å². The summed E-state index contributed by atoms with van der Waals surface area (Å²) in [5.74, 6) is 0. The minimum Gasteiger partial charge on any atom is -0.311 e. The average molecular weight is 268 g/mol. The molecule has 2 aliphatic heterocycles. The minimum atomic E-state index is 0.809. The molecule has 18 heavy (non-hydrogen) atoms. The van der Waals surface area contributed by atoms with Crippen LogP contribution in [0.3, 0.4) is 0 Å². The van der Waals surface area contributed by atoms with Crippen LogP contribution in [0.5, 0.6) is 0 Å². The van der Waals surface area contributed by atoms with Crippen LogP contribution in [0.2, 0.25) is 0 Å². The number of fused-ring (bicyclic) bond motifs is 2. The second-order valence-electron chi connectivity index (χ2n) is 6.61. The first-order chi connectivity index (χ1) is 8.76. The van der Waals surface area contributed by atoms with Crippen molar-refractivity contribution in [3.63, 3.8) is 0 Å². The van der Waals surface area contributed by atoms with E-state index < -0.39 is 0 Å². The van der Waals surface area contributed by atoms with Crippen LogP contribution in [0, 0.1) is 0 Å². The molecule has 1 N–H and O–H groups in total. The molecule has 1 saturated carbocycles. The Bertz CT molecular complexity index is 270. The van der Waals surface area contributed by atoms with Gasteiger partial charge in [-0.15, -0.1) is 0 Å². The summed E-state index contributed by atoms with van der Waals surface area (Å²) < 4.78 is 0. The molecular formula is C15H28N2S. The first-order valence-corrected chi connectivity index (χ1v) is 9.06. The Labute approximate surface area is 116 Å². The van der Waals surface area contributed by atoms with Crippen molar-refractivity contribution in [2.24, 2.45) is 0 Å². The Kier molecular flexibility index (Phi) is 4.21. The zero-order chi connectivity index (χ0) is 12.5. The van der Waals surface area contributed by atoms with Gasteiger partial charge in [0.25, 0.3) is 0 Å². The summed E-state index contributed by atoms with van der Waals surface area (Å²) in [5.41, 5.74) is 0. The third kappa shape index (κ3) is 2.73. The zero-order valence-corrected chi connectivity index (χ0v) is 12.7. The van der Waals surface area contributed by atoms with Crippen molar-refractivity contribution in [3.8, 4) is 0 Å². The highest BCUT2D eigenvalue weighted by Crippen LogP contribution is 2.35. The Morgan fingerprint density at radius 3 is 2.33 bits per heavy atom. The fraction of sp³-hybridized carbons (Fsp3) is 1.00. The Hall–Kier alpha value is 0.270. The molecule has 2 saturated heterocycles. The third-order valence-corrected chi connectivity index (χ3v) is 6.62. The van der Waals surface area contributed by atoms with E-state index >= 15 is 0 Å². The van der Waals surface area contributed by atoms with Crippen LogP contribution in [0.15, 0.2) is 0 Å². The van der Waals surface area contributed by atoms with Crippen molar-refractivity contribution in [2.75, 3.05) is 13.3 Å². The molecule has 2 heterocycles. The fourth-order valence-corrected chi connectivity index (χ4v) is 5.22. The summed E-state index contributed by atoms with van der Waals surface area (Å²) in [5, 5.41) is 4.92. The molecule has 3 rings (SSSR count). The van der Waals surface area contributed by atoms with Gasteiger partial charge in [-0.3, -0.25) is 0 Å². The first-order valence-electron chi connectivity index (χ1n) is 7.77. The number of hydrogen-bond acceptors (Lipinski definition) is 3. The third-order valence-electron chi connectivity index (χ3n) is 5.53. The molecule has 0 spiro atoms. The van der Waals surface area contributed by atoms with Gasteiger partial charge in [0.1, 0.15) is 0 Å². The molecule has 0 aromatic rings. The smallest absolute Gasteiger partial charge is 0.0111 e. The van der Waals surface area contributed by atoms with Crippen LogP contribution in [0.25, 0.3) is 0 Å². The largest absolute Gasteiger partial charge is 0.311 e. The molecule has 0 radical (unpaired) electrons. The van der Waals surface area contributed by atoms with Crippen molar-refractivity contribution < 1.29 is 0 Å². The van der Waals surface area contributed by atoms with Crippen molar-refractivity contribution in [3.05, 3.63) is 0 Å². The van der Waals surface area contributed by atoms with E-state index in [0.717, 1.165) is 29.4 Å². The van der Waals surface area contributed by atoms with E-state index in [2.05, 4.69) is 35.3 Å². The number of piperidine rings is 1. The molecule has 0 aromatic carbocycles. The second-order valence-corrected chi connectivity index (χ2v) is 7.74. The van der Waals surface area contributed by atoms with Gasteiger partial charge in [-0.2, -0.15) is 11.8 Å². The van der Waals surface area contributed by atoms with E-state index in [4.69, 9.17) is 0 Å². The lowest BCUT2D eigenvalue weighted by atomic mass is 9.91. The summed E-state index contributed by atoms with van der Waals surface area (Å²) in [6, 6.07) is 3.37. The summed E-state index contributed by atoms with van der Waals surface area (Å²) in [4.78, 5) is 2.64. The summed E-state index contributed by atoms with van der Waals surface area (Å²) in [7, 11) is 2.34. The van der Waals surface area contributed by atoms with E-state index in [1.165, 1.54) is 51.4 Å². The summed E-state index contributed by atoms with van der Waals surface area (Å²) >= 11 is 2.08. The molecule has 2 bridgehead atoms. The molecule has 4 atom stereocenters. The highest BCUT2D eigenvalue weighted by molar-refractivity contribution is 7.99. The van der Waals surface area contributed by atoms with Gasteiger partial charge >= 0.3 is 0 Å². The number of hydrogen-bond donors (Lipinski definition) is 1. The van der Waals surface area contributed by atoms with Gasteiger partial charge in [0, 0.05) is 29.4 Å². The molecule has 104 valence electrons. The van der Waals surface area contributed by atoms with Gasteiger partial charge in [-0.1, -0.05) is 6.42 Å². The summed E-state index contributed by atoms with van der Waals surface area (Å²) in [6.45, 7) is 0. The number of rotatable bonds is 3. The van der Waals surface area contributed by atoms with Crippen LogP contribution in [0.4, 0.5) is 0 Å². The molecule has 0 amide bonds. The zero-order valence-electron chi connectivity index (χ0n) is 11.9. The topological polar surface area (TPSA) is 15.3 Å². The molecule has 3 aliphatic rings. The monoisotopic (exact) mass is 268 g/mol. The molecular weight excluding hydrogens is 240 g/mol. The van der Waals surface area contributed by atoms with E-state index in [-0.39, 0.29) is 0 Å². The highest BCUT2D eigenvalue weighted by atomic mass is 32.2. The van der Waals surface area contributed by atoms with Crippen molar-refractivity contribution >= 4 is 11.8 Å². The van der Waals surface area contributed by atoms with Gasteiger partial charge in [-0.25, -0.2) is 0 Å². The SMILES string of the molecule is CSC1CCCC(NC2CC3CCC(C2)N3C)C1. The standard InChI is InChI=1S/C15H28N2S/c1-17-13-6-7-14(17)9-12(8-13)16-11-4-3-5-15(10-11)18-2/h11-16H,3-10H2,1-2H3.